The van der Waals surface area contributed by atoms with Gasteiger partial charge in [0.05, 0.1) is 25.6 Å². The Hall–Kier alpha value is -1.05. The summed E-state index contributed by atoms with van der Waals surface area (Å²) in [5.74, 6) is 6.29. The molecule has 124 valence electrons. The number of carbonyl (C=O) groups excluding carboxylic acids is 1. The Morgan fingerprint density at radius 1 is 1.27 bits per heavy atom. The summed E-state index contributed by atoms with van der Waals surface area (Å²) < 4.78 is 10.9. The fourth-order valence-corrected chi connectivity index (χ4v) is 3.06. The lowest BCUT2D eigenvalue weighted by Gasteiger charge is -2.20. The van der Waals surface area contributed by atoms with Crippen molar-refractivity contribution in [2.24, 2.45) is 5.92 Å². The second-order valence-corrected chi connectivity index (χ2v) is 6.47. The lowest BCUT2D eigenvalue weighted by Crippen LogP contribution is -3.12. The molecule has 2 aliphatic heterocycles. The van der Waals surface area contributed by atoms with E-state index in [-0.39, 0.29) is 18.0 Å². The minimum absolute atomic E-state index is 0.0522. The van der Waals surface area contributed by atoms with Gasteiger partial charge in [-0.3, -0.25) is 4.79 Å². The van der Waals surface area contributed by atoms with E-state index in [1.54, 1.807) is 4.90 Å². The molecule has 0 aliphatic carbocycles. The average Bonchev–Trinajstić information content (AvgIpc) is 2.89. The van der Waals surface area contributed by atoms with Crippen LogP contribution in [0.25, 0.3) is 0 Å². The van der Waals surface area contributed by atoms with E-state index in [9.17, 15) is 4.79 Å². The van der Waals surface area contributed by atoms with E-state index in [1.807, 2.05) is 0 Å². The fraction of sp³-hybridized carbons (Fsp3) is 0.833. The van der Waals surface area contributed by atoms with Crippen LogP contribution >= 0.6 is 0 Å². The van der Waals surface area contributed by atoms with Gasteiger partial charge in [-0.25, -0.2) is 0 Å². The molecule has 0 spiro atoms. The van der Waals surface area contributed by atoms with Gasteiger partial charge >= 0.3 is 5.97 Å². The number of piperidine rings is 1. The second-order valence-electron chi connectivity index (χ2n) is 6.47. The lowest BCUT2D eigenvalue weighted by molar-refractivity contribution is -0.897. The van der Waals surface area contributed by atoms with Crippen LogP contribution in [0, 0.1) is 17.8 Å². The van der Waals surface area contributed by atoms with Crippen LogP contribution in [0.1, 0.15) is 51.9 Å². The Balaban J connectivity index is 1.62. The number of esters is 1. The maximum atomic E-state index is 11.8. The van der Waals surface area contributed by atoms with E-state index in [4.69, 9.17) is 9.47 Å². The van der Waals surface area contributed by atoms with Gasteiger partial charge in [0.2, 0.25) is 0 Å². The maximum Gasteiger partial charge on any atom is 0.310 e. The normalized spacial score (nSPS) is 25.6. The zero-order valence-corrected chi connectivity index (χ0v) is 13.9. The van der Waals surface area contributed by atoms with Crippen LogP contribution in [0.4, 0.5) is 0 Å². The first kappa shape index (κ1) is 17.3. The third-order valence-corrected chi connectivity index (χ3v) is 4.48. The summed E-state index contributed by atoms with van der Waals surface area (Å²) in [4.78, 5) is 13.4. The lowest BCUT2D eigenvalue weighted by atomic mass is 10.0. The van der Waals surface area contributed by atoms with Gasteiger partial charge in [0.1, 0.15) is 12.6 Å². The summed E-state index contributed by atoms with van der Waals surface area (Å²) in [7, 11) is 0. The second kappa shape index (κ2) is 9.86. The summed E-state index contributed by atoms with van der Waals surface area (Å²) in [6, 6.07) is 0. The van der Waals surface area contributed by atoms with Gasteiger partial charge in [0.25, 0.3) is 0 Å². The van der Waals surface area contributed by atoms with Gasteiger partial charge in [-0.2, -0.15) is 0 Å². The Morgan fingerprint density at radius 3 is 2.86 bits per heavy atom. The molecule has 22 heavy (non-hydrogen) atoms. The molecule has 2 atom stereocenters. The molecule has 0 saturated carbocycles. The SMILES string of the molecule is CCCCOC[C@H]1C[C@@H](CC#CC[NH+]2CCCCC2)C(=O)O1. The summed E-state index contributed by atoms with van der Waals surface area (Å²) in [5, 5.41) is 0. The molecule has 2 fully saturated rings. The molecule has 0 unspecified atom stereocenters. The highest BCUT2D eigenvalue weighted by atomic mass is 16.6. The third-order valence-electron chi connectivity index (χ3n) is 4.48. The van der Waals surface area contributed by atoms with Gasteiger partial charge in [0, 0.05) is 19.4 Å². The summed E-state index contributed by atoms with van der Waals surface area (Å²) in [6.45, 7) is 6.85. The largest absolute Gasteiger partial charge is 0.460 e. The molecule has 2 saturated heterocycles. The molecule has 0 aromatic carbocycles. The molecule has 0 aromatic heterocycles. The predicted molar refractivity (Wildman–Crippen MR) is 85.5 cm³/mol. The molecule has 2 rings (SSSR count). The number of likely N-dealkylation sites (tertiary alicyclic amines) is 1. The van der Waals surface area contributed by atoms with Crippen molar-refractivity contribution in [2.45, 2.75) is 58.0 Å². The van der Waals surface area contributed by atoms with Crippen molar-refractivity contribution in [2.75, 3.05) is 32.8 Å². The van der Waals surface area contributed by atoms with E-state index in [0.717, 1.165) is 32.4 Å². The maximum absolute atomic E-state index is 11.8. The number of unbranched alkanes of at least 4 members (excludes halogenated alkanes) is 1. The quantitative estimate of drug-likeness (QED) is 0.436. The molecule has 0 aromatic rings. The monoisotopic (exact) mass is 308 g/mol. The van der Waals surface area contributed by atoms with Crippen molar-refractivity contribution < 1.29 is 19.2 Å². The number of rotatable bonds is 7. The number of quaternary nitrogens is 1. The number of carbonyl (C=O) groups is 1. The number of hydrogen-bond acceptors (Lipinski definition) is 3. The standard InChI is InChI=1S/C18H29NO3/c1-2-3-13-21-15-17-14-16(18(20)22-17)9-5-8-12-19-10-6-4-7-11-19/h16-17H,2-4,6-7,9-15H2,1H3/p+1/t16-,17-/m1/s1. The zero-order chi connectivity index (χ0) is 15.6. The van der Waals surface area contributed by atoms with Gasteiger partial charge < -0.3 is 14.4 Å². The first-order valence-electron chi connectivity index (χ1n) is 8.87. The van der Waals surface area contributed by atoms with Gasteiger partial charge in [-0.15, -0.1) is 0 Å². The van der Waals surface area contributed by atoms with E-state index in [0.29, 0.717) is 13.0 Å². The van der Waals surface area contributed by atoms with Crippen molar-refractivity contribution in [1.82, 2.24) is 0 Å². The van der Waals surface area contributed by atoms with Gasteiger partial charge in [-0.1, -0.05) is 19.3 Å². The molecule has 2 aliphatic rings. The van der Waals surface area contributed by atoms with Crippen LogP contribution in [0.3, 0.4) is 0 Å². The zero-order valence-electron chi connectivity index (χ0n) is 13.9. The minimum atomic E-state index is -0.0938. The van der Waals surface area contributed by atoms with Crippen molar-refractivity contribution in [3.05, 3.63) is 0 Å². The smallest absolute Gasteiger partial charge is 0.310 e. The molecule has 0 radical (unpaired) electrons. The molecular weight excluding hydrogens is 278 g/mol. The Kier molecular flexibility index (Phi) is 7.76. The van der Waals surface area contributed by atoms with Crippen LogP contribution in [-0.4, -0.2) is 44.9 Å². The highest BCUT2D eigenvalue weighted by Gasteiger charge is 2.33. The number of hydrogen-bond donors (Lipinski definition) is 1. The van der Waals surface area contributed by atoms with Gasteiger partial charge in [-0.05, 0) is 31.6 Å². The fourth-order valence-electron chi connectivity index (χ4n) is 3.06. The van der Waals surface area contributed by atoms with Crippen molar-refractivity contribution in [3.63, 3.8) is 0 Å². The molecule has 0 bridgehead atoms. The molecule has 1 N–H and O–H groups in total. The van der Waals surface area contributed by atoms with Gasteiger partial charge in [0.15, 0.2) is 0 Å². The van der Waals surface area contributed by atoms with Crippen molar-refractivity contribution >= 4 is 5.97 Å². The molecule has 4 heteroatoms. The van der Waals surface area contributed by atoms with Crippen LogP contribution in [0.15, 0.2) is 0 Å². The summed E-state index contributed by atoms with van der Waals surface area (Å²) in [5.41, 5.74) is 0. The number of cyclic esters (lactones) is 1. The molecular formula is C18H30NO3+. The number of ether oxygens (including phenoxy) is 2. The van der Waals surface area contributed by atoms with Crippen molar-refractivity contribution in [1.29, 1.82) is 0 Å². The highest BCUT2D eigenvalue weighted by Crippen LogP contribution is 2.23. The third kappa shape index (κ3) is 5.98. The Labute approximate surface area is 134 Å². The molecule has 4 nitrogen and oxygen atoms in total. The first-order chi connectivity index (χ1) is 10.8. The van der Waals surface area contributed by atoms with E-state index in [2.05, 4.69) is 18.8 Å². The number of nitrogens with one attached hydrogen (secondary N) is 1. The van der Waals surface area contributed by atoms with Crippen LogP contribution < -0.4 is 4.90 Å². The minimum Gasteiger partial charge on any atom is -0.460 e. The van der Waals surface area contributed by atoms with Crippen LogP contribution in [0.5, 0.6) is 0 Å². The van der Waals surface area contributed by atoms with Crippen LogP contribution in [-0.2, 0) is 14.3 Å². The molecule has 0 amide bonds. The Bertz CT molecular complexity index is 393. The van der Waals surface area contributed by atoms with Crippen LogP contribution in [0.2, 0.25) is 0 Å². The van der Waals surface area contributed by atoms with E-state index in [1.165, 1.54) is 32.4 Å². The topological polar surface area (TPSA) is 40.0 Å². The first-order valence-corrected chi connectivity index (χ1v) is 8.87. The highest BCUT2D eigenvalue weighted by molar-refractivity contribution is 5.75. The van der Waals surface area contributed by atoms with E-state index >= 15 is 0 Å². The average molecular weight is 308 g/mol. The van der Waals surface area contributed by atoms with E-state index < -0.39 is 0 Å². The molecule has 2 heterocycles. The Morgan fingerprint density at radius 2 is 2.09 bits per heavy atom. The predicted octanol–water partition coefficient (Wildman–Crippen LogP) is 1.20. The van der Waals surface area contributed by atoms with Crippen molar-refractivity contribution in [3.8, 4) is 11.8 Å². The summed E-state index contributed by atoms with van der Waals surface area (Å²) >= 11 is 0. The summed E-state index contributed by atoms with van der Waals surface area (Å²) in [6.07, 6.45) is 7.54.